The Hall–Kier alpha value is -1.65. The van der Waals surface area contributed by atoms with Gasteiger partial charge in [0.1, 0.15) is 13.0 Å². The molecule has 0 radical (unpaired) electrons. The largest absolute Gasteiger partial charge is 0.382 e. The fourth-order valence-electron chi connectivity index (χ4n) is 1.78. The van der Waals surface area contributed by atoms with Crippen LogP contribution in [0.5, 0.6) is 0 Å². The predicted molar refractivity (Wildman–Crippen MR) is 66.1 cm³/mol. The first kappa shape index (κ1) is 15.4. The highest BCUT2D eigenvalue weighted by atomic mass is 16.5. The van der Waals surface area contributed by atoms with Crippen LogP contribution in [0.3, 0.4) is 0 Å². The molecule has 1 saturated heterocycles. The lowest BCUT2D eigenvalue weighted by Gasteiger charge is -2.34. The van der Waals surface area contributed by atoms with Gasteiger partial charge in [0.2, 0.25) is 11.8 Å². The number of hydrogen-bond acceptors (Lipinski definition) is 5. The van der Waals surface area contributed by atoms with Gasteiger partial charge in [0.25, 0.3) is 0 Å². The molecule has 0 bridgehead atoms. The van der Waals surface area contributed by atoms with Gasteiger partial charge < -0.3 is 19.3 Å². The molecule has 19 heavy (non-hydrogen) atoms. The molecule has 0 N–H and O–H groups in total. The molecule has 7 nitrogen and oxygen atoms in total. The Kier molecular flexibility index (Phi) is 6.85. The van der Waals surface area contributed by atoms with Crippen molar-refractivity contribution in [1.29, 1.82) is 5.26 Å². The van der Waals surface area contributed by atoms with E-state index in [1.807, 2.05) is 6.07 Å². The normalized spacial score (nSPS) is 15.2. The second-order valence-electron chi connectivity index (χ2n) is 4.14. The maximum absolute atomic E-state index is 11.8. The van der Waals surface area contributed by atoms with E-state index in [0.29, 0.717) is 39.4 Å². The van der Waals surface area contributed by atoms with Crippen molar-refractivity contribution < 1.29 is 19.1 Å². The summed E-state index contributed by atoms with van der Waals surface area (Å²) in [6.45, 7) is 2.82. The van der Waals surface area contributed by atoms with Crippen molar-refractivity contribution in [2.75, 3.05) is 53.1 Å². The molecule has 1 fully saturated rings. The SMILES string of the molecule is COCCOCC(=O)N1CCN(C(=O)CC#N)CC1. The number of methoxy groups -OCH3 is 1. The molecule has 1 aliphatic heterocycles. The number of ether oxygens (including phenoxy) is 2. The van der Waals surface area contributed by atoms with Crippen LogP contribution in [-0.4, -0.2) is 74.7 Å². The maximum atomic E-state index is 11.8. The highest BCUT2D eigenvalue weighted by molar-refractivity contribution is 5.80. The summed E-state index contributed by atoms with van der Waals surface area (Å²) in [5.74, 6) is -0.255. The van der Waals surface area contributed by atoms with E-state index in [1.54, 1.807) is 16.9 Å². The monoisotopic (exact) mass is 269 g/mol. The minimum atomic E-state index is -0.175. The van der Waals surface area contributed by atoms with E-state index >= 15 is 0 Å². The standard InChI is InChI=1S/C12H19N3O4/c1-18-8-9-19-10-12(17)15-6-4-14(5-7-15)11(16)2-3-13/h2,4-10H2,1H3. The fraction of sp³-hybridized carbons (Fsp3) is 0.750. The Bertz CT molecular complexity index is 345. The maximum Gasteiger partial charge on any atom is 0.248 e. The van der Waals surface area contributed by atoms with Gasteiger partial charge in [-0.15, -0.1) is 0 Å². The molecule has 0 aromatic rings. The summed E-state index contributed by atoms with van der Waals surface area (Å²) in [6, 6.07) is 1.84. The van der Waals surface area contributed by atoms with Crippen LogP contribution in [0.25, 0.3) is 0 Å². The zero-order valence-electron chi connectivity index (χ0n) is 11.1. The number of nitrogens with zero attached hydrogens (tertiary/aromatic N) is 3. The van der Waals surface area contributed by atoms with Gasteiger partial charge in [-0.2, -0.15) is 5.26 Å². The van der Waals surface area contributed by atoms with Gasteiger partial charge in [0.05, 0.1) is 19.3 Å². The van der Waals surface area contributed by atoms with E-state index in [0.717, 1.165) is 0 Å². The van der Waals surface area contributed by atoms with Crippen LogP contribution in [0.4, 0.5) is 0 Å². The van der Waals surface area contributed by atoms with Crippen LogP contribution in [0.1, 0.15) is 6.42 Å². The first-order valence-corrected chi connectivity index (χ1v) is 6.18. The zero-order valence-corrected chi connectivity index (χ0v) is 11.1. The number of piperazine rings is 1. The minimum absolute atomic E-state index is 0.0372. The first-order chi connectivity index (χ1) is 9.19. The zero-order chi connectivity index (χ0) is 14.1. The van der Waals surface area contributed by atoms with Crippen molar-refractivity contribution in [2.24, 2.45) is 0 Å². The third-order valence-corrected chi connectivity index (χ3v) is 2.87. The molecule has 0 spiro atoms. The molecular weight excluding hydrogens is 250 g/mol. The fourth-order valence-corrected chi connectivity index (χ4v) is 1.78. The van der Waals surface area contributed by atoms with E-state index in [4.69, 9.17) is 14.7 Å². The lowest BCUT2D eigenvalue weighted by atomic mass is 10.3. The Morgan fingerprint density at radius 3 is 2.21 bits per heavy atom. The summed E-state index contributed by atoms with van der Waals surface area (Å²) >= 11 is 0. The van der Waals surface area contributed by atoms with Crippen molar-refractivity contribution in [3.8, 4) is 6.07 Å². The van der Waals surface area contributed by atoms with Crippen LogP contribution < -0.4 is 0 Å². The molecule has 0 aromatic heterocycles. The van der Waals surface area contributed by atoms with Crippen molar-refractivity contribution in [3.63, 3.8) is 0 Å². The Labute approximate surface area is 112 Å². The number of carbonyl (C=O) groups is 2. The quantitative estimate of drug-likeness (QED) is 0.592. The van der Waals surface area contributed by atoms with E-state index in [2.05, 4.69) is 0 Å². The van der Waals surface area contributed by atoms with Gasteiger partial charge in [0.15, 0.2) is 0 Å². The Morgan fingerprint density at radius 2 is 1.68 bits per heavy atom. The molecule has 1 rings (SSSR count). The molecule has 0 aromatic carbocycles. The average Bonchev–Trinajstić information content (AvgIpc) is 2.44. The number of carbonyl (C=O) groups excluding carboxylic acids is 2. The van der Waals surface area contributed by atoms with Gasteiger partial charge in [-0.25, -0.2) is 0 Å². The summed E-state index contributed by atoms with van der Waals surface area (Å²) in [4.78, 5) is 26.5. The van der Waals surface area contributed by atoms with E-state index < -0.39 is 0 Å². The smallest absolute Gasteiger partial charge is 0.248 e. The summed E-state index contributed by atoms with van der Waals surface area (Å²) < 4.78 is 9.97. The Balaban J connectivity index is 2.23. The molecule has 2 amide bonds. The van der Waals surface area contributed by atoms with Crippen molar-refractivity contribution in [2.45, 2.75) is 6.42 Å². The van der Waals surface area contributed by atoms with Crippen LogP contribution in [0, 0.1) is 11.3 Å². The molecular formula is C12H19N3O4. The lowest BCUT2D eigenvalue weighted by molar-refractivity contribution is -0.142. The van der Waals surface area contributed by atoms with Gasteiger partial charge in [-0.3, -0.25) is 9.59 Å². The van der Waals surface area contributed by atoms with Gasteiger partial charge in [-0.1, -0.05) is 0 Å². The van der Waals surface area contributed by atoms with Crippen LogP contribution in [-0.2, 0) is 19.1 Å². The molecule has 106 valence electrons. The van der Waals surface area contributed by atoms with E-state index in [1.165, 1.54) is 0 Å². The van der Waals surface area contributed by atoms with Crippen molar-refractivity contribution in [3.05, 3.63) is 0 Å². The molecule has 1 heterocycles. The lowest BCUT2D eigenvalue weighted by Crippen LogP contribution is -2.51. The van der Waals surface area contributed by atoms with Crippen LogP contribution in [0.15, 0.2) is 0 Å². The number of nitriles is 1. The minimum Gasteiger partial charge on any atom is -0.382 e. The number of rotatable bonds is 6. The van der Waals surface area contributed by atoms with Gasteiger partial charge in [-0.05, 0) is 0 Å². The van der Waals surface area contributed by atoms with Gasteiger partial charge >= 0.3 is 0 Å². The van der Waals surface area contributed by atoms with Crippen LogP contribution >= 0.6 is 0 Å². The highest BCUT2D eigenvalue weighted by Crippen LogP contribution is 2.04. The topological polar surface area (TPSA) is 82.9 Å². The third kappa shape index (κ3) is 5.24. The number of amides is 2. The van der Waals surface area contributed by atoms with Crippen molar-refractivity contribution >= 4 is 11.8 Å². The molecule has 0 atom stereocenters. The molecule has 0 saturated carbocycles. The molecule has 0 unspecified atom stereocenters. The van der Waals surface area contributed by atoms with E-state index in [9.17, 15) is 9.59 Å². The first-order valence-electron chi connectivity index (χ1n) is 6.18. The average molecular weight is 269 g/mol. The van der Waals surface area contributed by atoms with Crippen molar-refractivity contribution in [1.82, 2.24) is 9.80 Å². The third-order valence-electron chi connectivity index (χ3n) is 2.87. The molecule has 7 heteroatoms. The van der Waals surface area contributed by atoms with Crippen LogP contribution in [0.2, 0.25) is 0 Å². The van der Waals surface area contributed by atoms with E-state index in [-0.39, 0.29) is 24.8 Å². The molecule has 1 aliphatic rings. The summed E-state index contributed by atoms with van der Waals surface area (Å²) in [6.07, 6.45) is -0.103. The highest BCUT2D eigenvalue weighted by Gasteiger charge is 2.23. The predicted octanol–water partition coefficient (Wildman–Crippen LogP) is -0.766. The number of hydrogen-bond donors (Lipinski definition) is 0. The second kappa shape index (κ2) is 8.45. The molecule has 0 aliphatic carbocycles. The second-order valence-corrected chi connectivity index (χ2v) is 4.14. The Morgan fingerprint density at radius 1 is 1.11 bits per heavy atom. The summed E-state index contributed by atoms with van der Waals surface area (Å²) in [5, 5.41) is 8.46. The summed E-state index contributed by atoms with van der Waals surface area (Å²) in [5.41, 5.74) is 0. The summed E-state index contributed by atoms with van der Waals surface area (Å²) in [7, 11) is 1.57. The van der Waals surface area contributed by atoms with Gasteiger partial charge in [0, 0.05) is 33.3 Å².